The Balaban J connectivity index is 1.95. The molecule has 0 heterocycles. The van der Waals surface area contributed by atoms with Crippen LogP contribution in [0, 0.1) is 0 Å². The minimum absolute atomic E-state index is 0.613. The van der Waals surface area contributed by atoms with Gasteiger partial charge in [0.25, 0.3) is 0 Å². The summed E-state index contributed by atoms with van der Waals surface area (Å²) in [6, 6.07) is 19.1. The lowest BCUT2D eigenvalue weighted by molar-refractivity contribution is -0.107. The van der Waals surface area contributed by atoms with E-state index in [0.29, 0.717) is 6.42 Å². The van der Waals surface area contributed by atoms with Gasteiger partial charge < -0.3 is 4.79 Å². The summed E-state index contributed by atoms with van der Waals surface area (Å²) in [4.78, 5) is 10.4. The minimum atomic E-state index is 0.613. The van der Waals surface area contributed by atoms with Crippen molar-refractivity contribution >= 4 is 6.29 Å². The maximum Gasteiger partial charge on any atom is 0.120 e. The molecular formula is C17H18O. The first-order valence-corrected chi connectivity index (χ1v) is 6.44. The van der Waals surface area contributed by atoms with E-state index in [1.54, 1.807) is 0 Å². The zero-order valence-corrected chi connectivity index (χ0v) is 10.5. The van der Waals surface area contributed by atoms with E-state index in [9.17, 15) is 4.79 Å². The predicted octanol–water partition coefficient (Wildman–Crippen LogP) is 3.60. The molecule has 0 amide bonds. The van der Waals surface area contributed by atoms with Crippen molar-refractivity contribution in [3.05, 3.63) is 71.3 Å². The number of hydrogen-bond acceptors (Lipinski definition) is 1. The van der Waals surface area contributed by atoms with Gasteiger partial charge >= 0.3 is 0 Å². The van der Waals surface area contributed by atoms with Gasteiger partial charge in [-0.3, -0.25) is 0 Å². The Morgan fingerprint density at radius 2 is 1.33 bits per heavy atom. The second-order valence-electron chi connectivity index (χ2n) is 4.51. The Bertz CT molecular complexity index is 488. The van der Waals surface area contributed by atoms with Crippen molar-refractivity contribution in [2.45, 2.75) is 25.7 Å². The zero-order valence-electron chi connectivity index (χ0n) is 10.5. The van der Waals surface area contributed by atoms with E-state index in [4.69, 9.17) is 0 Å². The molecule has 0 aliphatic rings. The Labute approximate surface area is 108 Å². The largest absolute Gasteiger partial charge is 0.303 e. The van der Waals surface area contributed by atoms with Gasteiger partial charge in [0.15, 0.2) is 0 Å². The quantitative estimate of drug-likeness (QED) is 0.703. The van der Waals surface area contributed by atoms with Crippen molar-refractivity contribution in [3.63, 3.8) is 0 Å². The van der Waals surface area contributed by atoms with Crippen molar-refractivity contribution in [2.75, 3.05) is 0 Å². The van der Waals surface area contributed by atoms with E-state index < -0.39 is 0 Å². The van der Waals surface area contributed by atoms with Gasteiger partial charge in [0.1, 0.15) is 6.29 Å². The van der Waals surface area contributed by atoms with Crippen molar-refractivity contribution in [2.24, 2.45) is 0 Å². The van der Waals surface area contributed by atoms with E-state index in [2.05, 4.69) is 48.5 Å². The fraction of sp³-hybridized carbons (Fsp3) is 0.235. The summed E-state index contributed by atoms with van der Waals surface area (Å²) in [5, 5.41) is 0. The molecule has 0 N–H and O–H groups in total. The van der Waals surface area contributed by atoms with Crippen LogP contribution in [-0.4, -0.2) is 6.29 Å². The van der Waals surface area contributed by atoms with Crippen LogP contribution in [0.5, 0.6) is 0 Å². The van der Waals surface area contributed by atoms with Crippen LogP contribution in [-0.2, 0) is 24.1 Å². The van der Waals surface area contributed by atoms with Crippen molar-refractivity contribution < 1.29 is 4.79 Å². The fourth-order valence-electron chi connectivity index (χ4n) is 2.10. The highest BCUT2D eigenvalue weighted by atomic mass is 16.1. The van der Waals surface area contributed by atoms with Crippen LogP contribution in [0.2, 0.25) is 0 Å². The van der Waals surface area contributed by atoms with Crippen molar-refractivity contribution in [3.8, 4) is 0 Å². The molecule has 0 atom stereocenters. The molecule has 92 valence electrons. The van der Waals surface area contributed by atoms with Crippen molar-refractivity contribution in [1.29, 1.82) is 0 Å². The molecule has 1 nitrogen and oxygen atoms in total. The van der Waals surface area contributed by atoms with E-state index in [1.165, 1.54) is 16.7 Å². The summed E-state index contributed by atoms with van der Waals surface area (Å²) in [6.45, 7) is 0. The maximum atomic E-state index is 10.4. The van der Waals surface area contributed by atoms with Crippen LogP contribution in [0.15, 0.2) is 54.6 Å². The highest BCUT2D eigenvalue weighted by Gasteiger charge is 1.98. The lowest BCUT2D eigenvalue weighted by atomic mass is 10.0. The van der Waals surface area contributed by atoms with Crippen LogP contribution >= 0.6 is 0 Å². The molecule has 0 saturated heterocycles. The molecular weight excluding hydrogens is 220 g/mol. The lowest BCUT2D eigenvalue weighted by Gasteiger charge is -2.04. The number of benzene rings is 2. The zero-order chi connectivity index (χ0) is 12.6. The third-order valence-corrected chi connectivity index (χ3v) is 3.09. The molecule has 18 heavy (non-hydrogen) atoms. The molecule has 0 aliphatic carbocycles. The highest BCUT2D eigenvalue weighted by Crippen LogP contribution is 2.11. The van der Waals surface area contributed by atoms with Gasteiger partial charge in [0, 0.05) is 6.42 Å². The van der Waals surface area contributed by atoms with Crippen LogP contribution in [0.25, 0.3) is 0 Å². The number of hydrogen-bond donors (Lipinski definition) is 0. The van der Waals surface area contributed by atoms with Gasteiger partial charge in [-0.05, 0) is 36.0 Å². The monoisotopic (exact) mass is 238 g/mol. The summed E-state index contributed by atoms with van der Waals surface area (Å²) in [6.07, 6.45) is 4.57. The number of carbonyl (C=O) groups is 1. The van der Waals surface area contributed by atoms with E-state index in [1.807, 2.05) is 6.07 Å². The minimum Gasteiger partial charge on any atom is -0.303 e. The Morgan fingerprint density at radius 1 is 0.722 bits per heavy atom. The molecule has 0 aromatic heterocycles. The van der Waals surface area contributed by atoms with Gasteiger partial charge in [0.05, 0.1) is 0 Å². The molecule has 0 aliphatic heterocycles. The summed E-state index contributed by atoms with van der Waals surface area (Å²) in [5.41, 5.74) is 3.98. The van der Waals surface area contributed by atoms with Gasteiger partial charge in [-0.2, -0.15) is 0 Å². The van der Waals surface area contributed by atoms with Gasteiger partial charge in [-0.1, -0.05) is 54.6 Å². The maximum absolute atomic E-state index is 10.4. The van der Waals surface area contributed by atoms with Gasteiger partial charge in [-0.15, -0.1) is 0 Å². The van der Waals surface area contributed by atoms with Gasteiger partial charge in [-0.25, -0.2) is 0 Å². The van der Waals surface area contributed by atoms with Gasteiger partial charge in [0.2, 0.25) is 0 Å². The van der Waals surface area contributed by atoms with Crippen molar-refractivity contribution in [1.82, 2.24) is 0 Å². The summed E-state index contributed by atoms with van der Waals surface area (Å²) < 4.78 is 0. The molecule has 2 aromatic rings. The molecule has 0 fully saturated rings. The van der Waals surface area contributed by atoms with E-state index >= 15 is 0 Å². The number of aryl methyl sites for hydroxylation is 3. The lowest BCUT2D eigenvalue weighted by Crippen LogP contribution is -1.93. The average molecular weight is 238 g/mol. The smallest absolute Gasteiger partial charge is 0.120 e. The Hall–Kier alpha value is -1.89. The highest BCUT2D eigenvalue weighted by molar-refractivity contribution is 5.50. The SMILES string of the molecule is O=CCCc1cccc(CCc2ccccc2)c1. The molecule has 2 rings (SSSR count). The normalized spacial score (nSPS) is 10.2. The Kier molecular flexibility index (Phi) is 4.71. The number of rotatable bonds is 6. The molecule has 1 heteroatoms. The molecule has 0 unspecified atom stereocenters. The first-order chi connectivity index (χ1) is 8.88. The number of carbonyl (C=O) groups excluding carboxylic acids is 1. The number of aldehydes is 1. The molecule has 2 aromatic carbocycles. The summed E-state index contributed by atoms with van der Waals surface area (Å²) in [5.74, 6) is 0. The predicted molar refractivity (Wildman–Crippen MR) is 74.7 cm³/mol. The van der Waals surface area contributed by atoms with E-state index in [0.717, 1.165) is 25.5 Å². The first-order valence-electron chi connectivity index (χ1n) is 6.44. The molecule has 0 saturated carbocycles. The standard InChI is InChI=1S/C17H18O/c18-13-5-10-16-8-4-9-17(14-16)12-11-15-6-2-1-3-7-15/h1-4,6-9,13-14H,5,10-12H2. The van der Waals surface area contributed by atoms with Crippen LogP contribution in [0.1, 0.15) is 23.1 Å². The first kappa shape index (κ1) is 12.6. The molecule has 0 bridgehead atoms. The second kappa shape index (κ2) is 6.75. The topological polar surface area (TPSA) is 17.1 Å². The van der Waals surface area contributed by atoms with Crippen LogP contribution < -0.4 is 0 Å². The third-order valence-electron chi connectivity index (χ3n) is 3.09. The summed E-state index contributed by atoms with van der Waals surface area (Å²) in [7, 11) is 0. The van der Waals surface area contributed by atoms with Crippen LogP contribution in [0.3, 0.4) is 0 Å². The second-order valence-corrected chi connectivity index (χ2v) is 4.51. The molecule has 0 radical (unpaired) electrons. The Morgan fingerprint density at radius 3 is 2.06 bits per heavy atom. The van der Waals surface area contributed by atoms with E-state index in [-0.39, 0.29) is 0 Å². The third kappa shape index (κ3) is 3.85. The summed E-state index contributed by atoms with van der Waals surface area (Å²) >= 11 is 0. The molecule has 0 spiro atoms. The fourth-order valence-corrected chi connectivity index (χ4v) is 2.10. The average Bonchev–Trinajstić information content (AvgIpc) is 2.44. The van der Waals surface area contributed by atoms with Crippen LogP contribution in [0.4, 0.5) is 0 Å².